The number of carbonyl (C=O) groups excluding carboxylic acids is 3. The van der Waals surface area contributed by atoms with Crippen molar-refractivity contribution in [2.45, 2.75) is 57.1 Å². The van der Waals surface area contributed by atoms with Crippen molar-refractivity contribution < 1.29 is 29.3 Å². The van der Waals surface area contributed by atoms with Crippen molar-refractivity contribution in [2.75, 3.05) is 43.0 Å². The Labute approximate surface area is 282 Å². The Morgan fingerprint density at radius 3 is 2.18 bits per heavy atom. The highest BCUT2D eigenvalue weighted by Crippen LogP contribution is 2.32. The van der Waals surface area contributed by atoms with Gasteiger partial charge in [0.2, 0.25) is 17.8 Å². The molecule has 16 nitrogen and oxygen atoms in total. The second-order valence-corrected chi connectivity index (χ2v) is 11.7. The van der Waals surface area contributed by atoms with Gasteiger partial charge in [0, 0.05) is 38.3 Å². The molecule has 260 valence electrons. The number of aliphatic hydroxyl groups is 2. The van der Waals surface area contributed by atoms with E-state index in [4.69, 9.17) is 16.2 Å². The number of hydrogen-bond donors (Lipinski definition) is 8. The fourth-order valence-electron chi connectivity index (χ4n) is 5.41. The molecule has 4 aromatic rings. The van der Waals surface area contributed by atoms with Crippen molar-refractivity contribution in [3.63, 3.8) is 0 Å². The van der Waals surface area contributed by atoms with E-state index in [-0.39, 0.29) is 35.6 Å². The third kappa shape index (κ3) is 8.98. The number of aromatic nitrogens is 4. The van der Waals surface area contributed by atoms with Crippen molar-refractivity contribution in [2.24, 2.45) is 0 Å². The molecular weight excluding hydrogens is 632 g/mol. The highest BCUT2D eigenvalue weighted by molar-refractivity contribution is 5.84. The third-order valence-electron chi connectivity index (χ3n) is 8.04. The maximum absolute atomic E-state index is 12.3. The maximum atomic E-state index is 12.3. The van der Waals surface area contributed by atoms with E-state index in [2.05, 4.69) is 36.2 Å². The zero-order valence-electron chi connectivity index (χ0n) is 27.1. The Hall–Kier alpha value is -5.32. The van der Waals surface area contributed by atoms with E-state index < -0.39 is 30.4 Å². The van der Waals surface area contributed by atoms with Gasteiger partial charge in [0.1, 0.15) is 17.7 Å². The van der Waals surface area contributed by atoms with Gasteiger partial charge in [-0.2, -0.15) is 9.97 Å². The molecule has 5 rings (SSSR count). The van der Waals surface area contributed by atoms with Crippen molar-refractivity contribution >= 4 is 46.3 Å². The van der Waals surface area contributed by atoms with E-state index in [1.165, 1.54) is 10.9 Å². The minimum atomic E-state index is -1.44. The van der Waals surface area contributed by atoms with Gasteiger partial charge in [-0.25, -0.2) is 4.98 Å². The second kappa shape index (κ2) is 16.2. The van der Waals surface area contributed by atoms with E-state index in [1.807, 2.05) is 36.4 Å². The molecule has 3 heterocycles. The van der Waals surface area contributed by atoms with Crippen LogP contribution in [-0.4, -0.2) is 91.9 Å². The van der Waals surface area contributed by atoms with E-state index in [9.17, 15) is 24.6 Å². The normalized spacial score (nSPS) is 18.7. The van der Waals surface area contributed by atoms with E-state index in [1.54, 1.807) is 19.1 Å². The largest absolute Gasteiger partial charge is 0.399 e. The number of nitrogens with one attached hydrogen (secondary N) is 4. The molecular formula is C33H42N10O6. The van der Waals surface area contributed by atoms with Gasteiger partial charge in [0.15, 0.2) is 23.8 Å². The van der Waals surface area contributed by atoms with Crippen molar-refractivity contribution in [1.29, 1.82) is 0 Å². The minimum Gasteiger partial charge on any atom is -0.399 e. The fourth-order valence-corrected chi connectivity index (χ4v) is 5.41. The Morgan fingerprint density at radius 2 is 1.49 bits per heavy atom. The molecule has 4 unspecified atom stereocenters. The van der Waals surface area contributed by atoms with E-state index in [0.29, 0.717) is 56.6 Å². The van der Waals surface area contributed by atoms with Gasteiger partial charge in [-0.05, 0) is 48.6 Å². The van der Waals surface area contributed by atoms with Crippen LogP contribution in [0.15, 0.2) is 54.9 Å². The Morgan fingerprint density at radius 1 is 0.837 bits per heavy atom. The number of fused-ring (bicyclic) bond motifs is 1. The number of hydrogen-bond acceptors (Lipinski definition) is 12. The van der Waals surface area contributed by atoms with Crippen LogP contribution in [-0.2, 0) is 38.4 Å². The number of ether oxygens (including phenoxy) is 1. The van der Waals surface area contributed by atoms with Gasteiger partial charge in [-0.1, -0.05) is 36.4 Å². The lowest BCUT2D eigenvalue weighted by Crippen LogP contribution is -2.42. The van der Waals surface area contributed by atoms with Crippen LogP contribution in [0, 0.1) is 0 Å². The number of nitrogens with zero attached hydrogens (tertiary/aromatic N) is 4. The molecule has 1 fully saturated rings. The number of rotatable bonds is 15. The highest BCUT2D eigenvalue weighted by Gasteiger charge is 2.47. The molecule has 1 aliphatic rings. The highest BCUT2D eigenvalue weighted by atomic mass is 16.6. The zero-order chi connectivity index (χ0) is 34.9. The number of aryl methyl sites for hydroxylation is 1. The molecule has 0 spiro atoms. The van der Waals surface area contributed by atoms with Crippen molar-refractivity contribution in [3.05, 3.63) is 71.5 Å². The average molecular weight is 675 g/mol. The topological polar surface area (TPSA) is 245 Å². The Bertz CT molecular complexity index is 1750. The number of nitrogen functional groups attached to an aromatic ring is 2. The van der Waals surface area contributed by atoms with E-state index in [0.717, 1.165) is 16.7 Å². The number of amides is 3. The minimum absolute atomic E-state index is 0.0920. The first kappa shape index (κ1) is 35.0. The van der Waals surface area contributed by atoms with Crippen LogP contribution < -0.4 is 32.7 Å². The molecule has 1 aliphatic heterocycles. The SMILES string of the molecule is CCNC(=O)C1OC(n2cnc3c(N)nc(NCCc4ccc(CCC(=O)NCCNC(=O)Cc5ccc(N)cc5)cc4)nc32)C(O)C1O. The summed E-state index contributed by atoms with van der Waals surface area (Å²) in [6.07, 6.45) is -2.03. The van der Waals surface area contributed by atoms with Crippen LogP contribution in [0.5, 0.6) is 0 Å². The van der Waals surface area contributed by atoms with Crippen LogP contribution in [0.25, 0.3) is 11.2 Å². The zero-order valence-corrected chi connectivity index (χ0v) is 27.1. The first-order valence-corrected chi connectivity index (χ1v) is 16.1. The number of nitrogens with two attached hydrogens (primary N) is 2. The first-order chi connectivity index (χ1) is 23.6. The smallest absolute Gasteiger partial charge is 0.252 e. The molecule has 0 aliphatic carbocycles. The monoisotopic (exact) mass is 674 g/mol. The quantitative estimate of drug-likeness (QED) is 0.0604. The van der Waals surface area contributed by atoms with Crippen LogP contribution in [0.3, 0.4) is 0 Å². The average Bonchev–Trinajstić information content (AvgIpc) is 3.64. The third-order valence-corrected chi connectivity index (χ3v) is 8.04. The van der Waals surface area contributed by atoms with Crippen molar-refractivity contribution in [1.82, 2.24) is 35.5 Å². The molecule has 16 heteroatoms. The fraction of sp³-hybridized carbons (Fsp3) is 0.394. The number of imidazole rings is 1. The van der Waals surface area contributed by atoms with Gasteiger partial charge < -0.3 is 47.7 Å². The van der Waals surface area contributed by atoms with Crippen molar-refractivity contribution in [3.8, 4) is 0 Å². The number of aliphatic hydroxyl groups excluding tert-OH is 2. The summed E-state index contributed by atoms with van der Waals surface area (Å²) < 4.78 is 7.13. The lowest BCUT2D eigenvalue weighted by molar-refractivity contribution is -0.137. The number of anilines is 3. The Balaban J connectivity index is 1.05. The van der Waals surface area contributed by atoms with Gasteiger partial charge in [0.25, 0.3) is 5.91 Å². The lowest BCUT2D eigenvalue weighted by atomic mass is 10.1. The van der Waals surface area contributed by atoms with Gasteiger partial charge in [0.05, 0.1) is 12.7 Å². The number of carbonyl (C=O) groups is 3. The first-order valence-electron chi connectivity index (χ1n) is 16.1. The molecule has 0 bridgehead atoms. The molecule has 3 amide bonds. The van der Waals surface area contributed by atoms with Crippen LogP contribution in [0.2, 0.25) is 0 Å². The molecule has 2 aromatic carbocycles. The van der Waals surface area contributed by atoms with Crippen LogP contribution >= 0.6 is 0 Å². The molecule has 1 saturated heterocycles. The molecule has 2 aromatic heterocycles. The molecule has 0 radical (unpaired) electrons. The summed E-state index contributed by atoms with van der Waals surface area (Å²) in [6, 6.07) is 15.1. The summed E-state index contributed by atoms with van der Waals surface area (Å²) in [6.45, 7) is 3.27. The summed E-state index contributed by atoms with van der Waals surface area (Å²) in [7, 11) is 0. The van der Waals surface area contributed by atoms with Crippen LogP contribution in [0.4, 0.5) is 17.5 Å². The molecule has 0 saturated carbocycles. The summed E-state index contributed by atoms with van der Waals surface area (Å²) in [5.41, 5.74) is 16.0. The van der Waals surface area contributed by atoms with Gasteiger partial charge in [-0.15, -0.1) is 0 Å². The molecule has 4 atom stereocenters. The number of likely N-dealkylation sites (N-methyl/N-ethyl adjacent to an activating group) is 1. The lowest BCUT2D eigenvalue weighted by Gasteiger charge is -2.16. The van der Waals surface area contributed by atoms with Crippen LogP contribution in [0.1, 0.15) is 36.3 Å². The molecule has 49 heavy (non-hydrogen) atoms. The summed E-state index contributed by atoms with van der Waals surface area (Å²) >= 11 is 0. The number of benzene rings is 2. The van der Waals surface area contributed by atoms with Gasteiger partial charge >= 0.3 is 0 Å². The maximum Gasteiger partial charge on any atom is 0.252 e. The summed E-state index contributed by atoms with van der Waals surface area (Å²) in [4.78, 5) is 49.7. The summed E-state index contributed by atoms with van der Waals surface area (Å²) in [5.74, 6) is -0.386. The standard InChI is InChI=1S/C33H42N10O6/c1-2-36-31(48)28-26(46)27(47)32(49-28)43-18-40-25-29(35)41-33(42-30(25)43)39-14-13-20-5-3-19(4-6-20)9-12-23(44)37-15-16-38-24(45)17-21-7-10-22(34)11-8-21/h3-8,10-11,18,26-28,32,46-47H,2,9,12-17,34H2,1H3,(H,36,48)(H,37,44)(H,38,45)(H3,35,39,41,42). The van der Waals surface area contributed by atoms with E-state index >= 15 is 0 Å². The predicted octanol–water partition coefficient (Wildman–Crippen LogP) is -0.192. The predicted molar refractivity (Wildman–Crippen MR) is 182 cm³/mol. The molecule has 10 N–H and O–H groups in total. The summed E-state index contributed by atoms with van der Waals surface area (Å²) in [5, 5.41) is 32.4. The Kier molecular flexibility index (Phi) is 11.6. The second-order valence-electron chi connectivity index (χ2n) is 11.7. The van der Waals surface area contributed by atoms with Gasteiger partial charge in [-0.3, -0.25) is 19.0 Å².